The second kappa shape index (κ2) is 14.3. The van der Waals surface area contributed by atoms with Crippen molar-refractivity contribution in [2.75, 3.05) is 26.4 Å². The molecule has 0 bridgehead atoms. The number of carbonyl (C=O) groups excluding carboxylic acids is 2. The number of hydrogen-bond donors (Lipinski definition) is 1. The zero-order chi connectivity index (χ0) is 30.1. The van der Waals surface area contributed by atoms with Gasteiger partial charge in [-0.2, -0.15) is 0 Å². The van der Waals surface area contributed by atoms with Gasteiger partial charge in [0, 0.05) is 12.1 Å². The van der Waals surface area contributed by atoms with Crippen molar-refractivity contribution in [3.63, 3.8) is 0 Å². The average Bonchev–Trinajstić information content (AvgIpc) is 2.98. The van der Waals surface area contributed by atoms with E-state index in [0.29, 0.717) is 12.8 Å². The molecule has 2 aromatic carbocycles. The molecule has 0 saturated heterocycles. The number of esters is 2. The minimum atomic E-state index is -1.16. The second-order valence-electron chi connectivity index (χ2n) is 9.46. The Balaban J connectivity index is 1.42. The van der Waals surface area contributed by atoms with Crippen molar-refractivity contribution in [3.05, 3.63) is 80.5 Å². The maximum Gasteiger partial charge on any atom is 0.374 e. The predicted molar refractivity (Wildman–Crippen MR) is 152 cm³/mol. The maximum atomic E-state index is 12.8. The molecule has 0 saturated carbocycles. The summed E-state index contributed by atoms with van der Waals surface area (Å²) in [5, 5.41) is 10.7. The first-order valence-electron chi connectivity index (χ1n) is 13.7. The summed E-state index contributed by atoms with van der Waals surface area (Å²) < 4.78 is 32.8. The van der Waals surface area contributed by atoms with Crippen LogP contribution in [0.15, 0.2) is 67.0 Å². The first kappa shape index (κ1) is 30.3. The van der Waals surface area contributed by atoms with Gasteiger partial charge in [-0.25, -0.2) is 9.59 Å². The molecule has 222 valence electrons. The van der Waals surface area contributed by atoms with Crippen LogP contribution < -0.4 is 20.3 Å². The monoisotopic (exact) mass is 580 g/mol. The van der Waals surface area contributed by atoms with Gasteiger partial charge in [0.05, 0.1) is 13.2 Å². The molecule has 0 aliphatic rings. The molecular weight excluding hydrogens is 548 g/mol. The van der Waals surface area contributed by atoms with Crippen LogP contribution in [0.3, 0.4) is 0 Å². The molecule has 0 amide bonds. The van der Waals surface area contributed by atoms with E-state index < -0.39 is 28.9 Å². The van der Waals surface area contributed by atoms with Gasteiger partial charge in [0.2, 0.25) is 11.5 Å². The van der Waals surface area contributed by atoms with Gasteiger partial charge < -0.3 is 32.9 Å². The summed E-state index contributed by atoms with van der Waals surface area (Å²) in [7, 11) is 0. The van der Waals surface area contributed by atoms with Crippen LogP contribution >= 0.6 is 0 Å². The van der Waals surface area contributed by atoms with Gasteiger partial charge in [0.25, 0.3) is 0 Å². The van der Waals surface area contributed by atoms with E-state index in [-0.39, 0.29) is 71.4 Å². The fourth-order valence-electron chi connectivity index (χ4n) is 3.98. The number of aliphatic hydroxyl groups is 1. The van der Waals surface area contributed by atoms with E-state index in [9.17, 15) is 24.3 Å². The van der Waals surface area contributed by atoms with E-state index in [1.165, 1.54) is 24.3 Å². The van der Waals surface area contributed by atoms with E-state index in [0.717, 1.165) is 25.0 Å². The van der Waals surface area contributed by atoms with Crippen molar-refractivity contribution in [2.45, 2.75) is 45.6 Å². The molecule has 0 aliphatic heterocycles. The molecule has 1 N–H and O–H groups in total. The Morgan fingerprint density at radius 3 is 1.57 bits per heavy atom. The Bertz CT molecular complexity index is 1540. The highest BCUT2D eigenvalue weighted by atomic mass is 16.6. The van der Waals surface area contributed by atoms with Crippen LogP contribution in [0.1, 0.15) is 60.6 Å². The summed E-state index contributed by atoms with van der Waals surface area (Å²) in [5.74, 6) is -1.59. The number of rotatable bonds is 14. The van der Waals surface area contributed by atoms with E-state index >= 15 is 0 Å². The third-order valence-corrected chi connectivity index (χ3v) is 6.16. The Labute approximate surface area is 240 Å². The predicted octanol–water partition coefficient (Wildman–Crippen LogP) is 4.63. The lowest BCUT2D eigenvalue weighted by Crippen LogP contribution is -2.25. The number of carbonyl (C=O) groups is 2. The molecule has 0 radical (unpaired) electrons. The molecule has 0 unspecified atom stereocenters. The lowest BCUT2D eigenvalue weighted by molar-refractivity contribution is 0.0455. The smallest absolute Gasteiger partial charge is 0.374 e. The first-order valence-corrected chi connectivity index (χ1v) is 13.7. The minimum Gasteiger partial charge on any atom is -0.490 e. The van der Waals surface area contributed by atoms with E-state index in [1.807, 2.05) is 13.8 Å². The Kier molecular flexibility index (Phi) is 10.3. The largest absolute Gasteiger partial charge is 0.490 e. The van der Waals surface area contributed by atoms with Crippen molar-refractivity contribution in [1.29, 1.82) is 0 Å². The van der Waals surface area contributed by atoms with E-state index in [4.69, 9.17) is 27.8 Å². The van der Waals surface area contributed by atoms with Gasteiger partial charge >= 0.3 is 11.9 Å². The minimum absolute atomic E-state index is 0.103. The average molecular weight is 581 g/mol. The SMILES string of the molecule is CCCCOC(=O)c1cc(=O)c2c(OCC(O)COc3cccc4oc(C(=O)OCCCC)cc(=O)c34)cccc2o1. The Hall–Kier alpha value is -4.64. The van der Waals surface area contributed by atoms with Crippen LogP contribution in [0.25, 0.3) is 21.9 Å². The second-order valence-corrected chi connectivity index (χ2v) is 9.46. The molecule has 11 nitrogen and oxygen atoms in total. The fraction of sp³-hybridized carbons (Fsp3) is 0.355. The van der Waals surface area contributed by atoms with Gasteiger partial charge in [-0.15, -0.1) is 0 Å². The van der Waals surface area contributed by atoms with Gasteiger partial charge in [-0.3, -0.25) is 9.59 Å². The van der Waals surface area contributed by atoms with E-state index in [1.54, 1.807) is 12.1 Å². The molecule has 42 heavy (non-hydrogen) atoms. The highest BCUT2D eigenvalue weighted by molar-refractivity contribution is 5.91. The summed E-state index contributed by atoms with van der Waals surface area (Å²) >= 11 is 0. The van der Waals surface area contributed by atoms with Gasteiger partial charge in [0.15, 0.2) is 10.9 Å². The number of hydrogen-bond acceptors (Lipinski definition) is 11. The third kappa shape index (κ3) is 7.35. The van der Waals surface area contributed by atoms with Crippen molar-refractivity contribution < 1.29 is 42.5 Å². The quantitative estimate of drug-likeness (QED) is 0.164. The summed E-state index contributed by atoms with van der Waals surface area (Å²) in [6, 6.07) is 11.4. The zero-order valence-electron chi connectivity index (χ0n) is 23.4. The van der Waals surface area contributed by atoms with Crippen LogP contribution in [-0.4, -0.2) is 49.6 Å². The van der Waals surface area contributed by atoms with Crippen LogP contribution in [0, 0.1) is 0 Å². The molecular formula is C31H32O11. The lowest BCUT2D eigenvalue weighted by atomic mass is 10.2. The molecule has 4 aromatic rings. The number of fused-ring (bicyclic) bond motifs is 2. The Morgan fingerprint density at radius 1 is 0.738 bits per heavy atom. The number of unbranched alkanes of at least 4 members (excludes halogenated alkanes) is 2. The molecule has 11 heteroatoms. The van der Waals surface area contributed by atoms with Crippen molar-refractivity contribution in [2.24, 2.45) is 0 Å². The normalized spacial score (nSPS) is 11.1. The third-order valence-electron chi connectivity index (χ3n) is 6.16. The summed E-state index contributed by atoms with van der Waals surface area (Å²) in [5.41, 5.74) is -0.749. The van der Waals surface area contributed by atoms with E-state index in [2.05, 4.69) is 0 Å². The molecule has 2 aromatic heterocycles. The molecule has 0 spiro atoms. The zero-order valence-corrected chi connectivity index (χ0v) is 23.4. The molecule has 2 heterocycles. The van der Waals surface area contributed by atoms with Crippen molar-refractivity contribution in [3.8, 4) is 11.5 Å². The number of aliphatic hydroxyl groups excluding tert-OH is 1. The summed E-state index contributed by atoms with van der Waals surface area (Å²) in [4.78, 5) is 50.0. The van der Waals surface area contributed by atoms with Crippen molar-refractivity contribution >= 4 is 33.9 Å². The highest BCUT2D eigenvalue weighted by Crippen LogP contribution is 2.25. The topological polar surface area (TPSA) is 152 Å². The number of benzene rings is 2. The standard InChI is InChI=1S/C31H32O11/c1-3-5-13-37-30(35)26-15-20(33)28-22(9-7-11-24(28)41-26)39-17-19(32)18-40-23-10-8-12-25-29(23)21(34)16-27(42-25)31(36)38-14-6-4-2/h7-12,15-16,19,32H,3-6,13-14,17-18H2,1-2H3. The van der Waals surface area contributed by atoms with Crippen LogP contribution in [0.2, 0.25) is 0 Å². The Morgan fingerprint density at radius 2 is 1.17 bits per heavy atom. The molecule has 0 aliphatic carbocycles. The molecule has 0 fully saturated rings. The molecule has 0 atom stereocenters. The van der Waals surface area contributed by atoms with Gasteiger partial charge in [-0.1, -0.05) is 38.8 Å². The van der Waals surface area contributed by atoms with Gasteiger partial charge in [0.1, 0.15) is 52.8 Å². The fourth-order valence-corrected chi connectivity index (χ4v) is 3.98. The lowest BCUT2D eigenvalue weighted by Gasteiger charge is -2.15. The maximum absolute atomic E-state index is 12.8. The summed E-state index contributed by atoms with van der Waals surface area (Å²) in [6.07, 6.45) is 1.93. The van der Waals surface area contributed by atoms with Crippen molar-refractivity contribution in [1.82, 2.24) is 0 Å². The number of ether oxygens (including phenoxy) is 4. The first-order chi connectivity index (χ1) is 20.3. The van der Waals surface area contributed by atoms with Crippen LogP contribution in [0.4, 0.5) is 0 Å². The van der Waals surface area contributed by atoms with Gasteiger partial charge in [-0.05, 0) is 37.1 Å². The van der Waals surface area contributed by atoms with Crippen LogP contribution in [-0.2, 0) is 9.47 Å². The molecule has 4 rings (SSSR count). The highest BCUT2D eigenvalue weighted by Gasteiger charge is 2.19. The van der Waals surface area contributed by atoms with Crippen LogP contribution in [0.5, 0.6) is 11.5 Å². The summed E-state index contributed by atoms with van der Waals surface area (Å²) in [6.45, 7) is 3.85.